The molecule has 152 valence electrons. The summed E-state index contributed by atoms with van der Waals surface area (Å²) >= 11 is 0. The lowest BCUT2D eigenvalue weighted by atomic mass is 10.00. The monoisotopic (exact) mass is 486 g/mol. The van der Waals surface area contributed by atoms with Gasteiger partial charge in [-0.25, -0.2) is 0 Å². The maximum Gasteiger partial charge on any atom is 0.193 e. The smallest absolute Gasteiger partial charge is 0.193 e. The molecule has 0 radical (unpaired) electrons. The zero-order chi connectivity index (χ0) is 18.2. The lowest BCUT2D eigenvalue weighted by Crippen LogP contribution is -2.41. The second kappa shape index (κ2) is 11.9. The van der Waals surface area contributed by atoms with E-state index < -0.39 is 0 Å². The molecule has 3 rings (SSSR count). The van der Waals surface area contributed by atoms with Gasteiger partial charge in [0.1, 0.15) is 0 Å². The van der Waals surface area contributed by atoms with Gasteiger partial charge in [-0.2, -0.15) is 0 Å². The fourth-order valence-electron chi connectivity index (χ4n) is 3.47. The lowest BCUT2D eigenvalue weighted by Gasteiger charge is -2.29. The molecule has 1 N–H and O–H groups in total. The first-order valence-electron chi connectivity index (χ1n) is 10.0. The van der Waals surface area contributed by atoms with Gasteiger partial charge in [-0.1, -0.05) is 24.3 Å². The zero-order valence-electron chi connectivity index (χ0n) is 16.8. The van der Waals surface area contributed by atoms with Gasteiger partial charge >= 0.3 is 0 Å². The number of nitrogens with zero attached hydrogens (tertiary/aromatic N) is 3. The van der Waals surface area contributed by atoms with E-state index in [-0.39, 0.29) is 24.0 Å². The van der Waals surface area contributed by atoms with E-state index in [1.807, 2.05) is 7.05 Å². The second-order valence-corrected chi connectivity index (χ2v) is 7.56. The molecule has 0 atom stereocenters. The Morgan fingerprint density at radius 1 is 1.30 bits per heavy atom. The lowest BCUT2D eigenvalue weighted by molar-refractivity contribution is 0.115. The highest BCUT2D eigenvalue weighted by atomic mass is 127. The molecule has 0 bridgehead atoms. The molecule has 0 spiro atoms. The van der Waals surface area contributed by atoms with Gasteiger partial charge in [-0.05, 0) is 42.7 Å². The summed E-state index contributed by atoms with van der Waals surface area (Å²) in [5.74, 6) is 1.79. The fourth-order valence-corrected chi connectivity index (χ4v) is 3.47. The topological polar surface area (TPSA) is 40.1 Å². The van der Waals surface area contributed by atoms with E-state index in [2.05, 4.69) is 51.4 Å². The van der Waals surface area contributed by atoms with Crippen LogP contribution < -0.4 is 5.32 Å². The van der Waals surface area contributed by atoms with Crippen LogP contribution in [-0.4, -0.2) is 69.2 Å². The van der Waals surface area contributed by atoms with Crippen molar-refractivity contribution in [2.45, 2.75) is 32.2 Å². The number of benzene rings is 1. The molecule has 1 heterocycles. The Bertz CT molecular complexity index is 591. The zero-order valence-corrected chi connectivity index (χ0v) is 19.2. The first-order chi connectivity index (χ1) is 12.8. The average Bonchev–Trinajstić information content (AvgIpc) is 3.49. The third kappa shape index (κ3) is 7.58. The van der Waals surface area contributed by atoms with Crippen LogP contribution in [0.25, 0.3) is 0 Å². The Hall–Kier alpha value is -0.860. The van der Waals surface area contributed by atoms with Crippen LogP contribution in [0.1, 0.15) is 30.4 Å². The molecular weight excluding hydrogens is 451 g/mol. The Morgan fingerprint density at radius 3 is 2.81 bits per heavy atom. The molecule has 0 aromatic heterocycles. The van der Waals surface area contributed by atoms with Crippen LogP contribution in [0.3, 0.4) is 0 Å². The summed E-state index contributed by atoms with van der Waals surface area (Å²) in [5, 5.41) is 3.48. The summed E-state index contributed by atoms with van der Waals surface area (Å²) in [5.41, 5.74) is 3.02. The molecule has 6 heteroatoms. The molecule has 5 nitrogen and oxygen atoms in total. The van der Waals surface area contributed by atoms with Crippen LogP contribution in [0.2, 0.25) is 0 Å². The van der Waals surface area contributed by atoms with Gasteiger partial charge in [-0.15, -0.1) is 24.0 Å². The van der Waals surface area contributed by atoms with Crippen molar-refractivity contribution in [2.75, 3.05) is 53.5 Å². The van der Waals surface area contributed by atoms with E-state index in [1.165, 1.54) is 36.9 Å². The minimum absolute atomic E-state index is 0. The van der Waals surface area contributed by atoms with Crippen molar-refractivity contribution in [1.29, 1.82) is 0 Å². The van der Waals surface area contributed by atoms with Crippen molar-refractivity contribution in [3.05, 3.63) is 35.4 Å². The van der Waals surface area contributed by atoms with Crippen LogP contribution in [-0.2, 0) is 17.7 Å². The van der Waals surface area contributed by atoms with Crippen molar-refractivity contribution in [1.82, 2.24) is 15.1 Å². The molecule has 1 aliphatic carbocycles. The van der Waals surface area contributed by atoms with Gasteiger partial charge in [-0.3, -0.25) is 9.89 Å². The number of fused-ring (bicyclic) bond motifs is 1. The first kappa shape index (κ1) is 22.4. The number of ether oxygens (including phenoxy) is 1. The van der Waals surface area contributed by atoms with Crippen molar-refractivity contribution >= 4 is 29.9 Å². The Morgan fingerprint density at radius 2 is 2.07 bits per heavy atom. The van der Waals surface area contributed by atoms with Crippen molar-refractivity contribution in [3.63, 3.8) is 0 Å². The number of rotatable bonds is 9. The standard InChI is InChI=1S/C21H34N4O.HI/c1-22-21(24(2)14-15-26-17-18-8-9-18)23-11-5-12-25-13-10-19-6-3-4-7-20(19)16-25;/h3-4,6-7,18H,5,8-17H2,1-2H3,(H,22,23);1H. The van der Waals surface area contributed by atoms with Crippen LogP contribution in [0, 0.1) is 5.92 Å². The van der Waals surface area contributed by atoms with E-state index in [9.17, 15) is 0 Å². The highest BCUT2D eigenvalue weighted by Crippen LogP contribution is 2.28. The van der Waals surface area contributed by atoms with Crippen LogP contribution in [0.4, 0.5) is 0 Å². The SMILES string of the molecule is CN=C(NCCCN1CCc2ccccc2C1)N(C)CCOCC1CC1.I. The number of hydrogen-bond donors (Lipinski definition) is 1. The molecule has 1 aromatic rings. The van der Waals surface area contributed by atoms with Gasteiger partial charge in [0, 0.05) is 53.4 Å². The number of aliphatic imine (C=N–C) groups is 1. The predicted octanol–water partition coefficient (Wildman–Crippen LogP) is 2.99. The van der Waals surface area contributed by atoms with Gasteiger partial charge < -0.3 is 15.0 Å². The Labute approximate surface area is 181 Å². The molecule has 1 saturated carbocycles. The van der Waals surface area contributed by atoms with Crippen molar-refractivity contribution < 1.29 is 4.74 Å². The normalized spacial score (nSPS) is 17.2. The largest absolute Gasteiger partial charge is 0.379 e. The number of guanidine groups is 1. The van der Waals surface area contributed by atoms with E-state index in [0.717, 1.165) is 57.7 Å². The Balaban J connectivity index is 0.00000261. The molecule has 1 aromatic carbocycles. The third-order valence-electron chi connectivity index (χ3n) is 5.34. The molecule has 2 aliphatic rings. The first-order valence-corrected chi connectivity index (χ1v) is 10.0. The summed E-state index contributed by atoms with van der Waals surface area (Å²) < 4.78 is 5.73. The van der Waals surface area contributed by atoms with Crippen LogP contribution >= 0.6 is 24.0 Å². The van der Waals surface area contributed by atoms with Crippen molar-refractivity contribution in [3.8, 4) is 0 Å². The molecular formula is C21H35IN4O. The van der Waals surface area contributed by atoms with Gasteiger partial charge in [0.25, 0.3) is 0 Å². The minimum atomic E-state index is 0. The predicted molar refractivity (Wildman–Crippen MR) is 123 cm³/mol. The second-order valence-electron chi connectivity index (χ2n) is 7.56. The highest BCUT2D eigenvalue weighted by molar-refractivity contribution is 14.0. The average molecular weight is 486 g/mol. The van der Waals surface area contributed by atoms with Gasteiger partial charge in [0.2, 0.25) is 0 Å². The van der Waals surface area contributed by atoms with E-state index >= 15 is 0 Å². The number of hydrogen-bond acceptors (Lipinski definition) is 3. The van der Waals surface area contributed by atoms with Gasteiger partial charge in [0.15, 0.2) is 5.96 Å². The molecule has 0 saturated heterocycles. The summed E-state index contributed by atoms with van der Waals surface area (Å²) in [6, 6.07) is 8.83. The number of halogens is 1. The van der Waals surface area contributed by atoms with E-state index in [0.29, 0.717) is 0 Å². The van der Waals surface area contributed by atoms with Crippen molar-refractivity contribution in [2.24, 2.45) is 10.9 Å². The Kier molecular flexibility index (Phi) is 9.86. The van der Waals surface area contributed by atoms with E-state index in [4.69, 9.17) is 4.74 Å². The summed E-state index contributed by atoms with van der Waals surface area (Å²) in [6.45, 7) is 6.94. The third-order valence-corrected chi connectivity index (χ3v) is 5.34. The number of nitrogens with one attached hydrogen (secondary N) is 1. The maximum atomic E-state index is 5.73. The summed E-state index contributed by atoms with van der Waals surface area (Å²) in [4.78, 5) is 9.11. The van der Waals surface area contributed by atoms with Crippen LogP contribution in [0.5, 0.6) is 0 Å². The van der Waals surface area contributed by atoms with Crippen LogP contribution in [0.15, 0.2) is 29.3 Å². The fraction of sp³-hybridized carbons (Fsp3) is 0.667. The molecule has 27 heavy (non-hydrogen) atoms. The molecule has 1 fully saturated rings. The molecule has 1 aliphatic heterocycles. The minimum Gasteiger partial charge on any atom is -0.379 e. The summed E-state index contributed by atoms with van der Waals surface area (Å²) in [6.07, 6.45) is 5.01. The highest BCUT2D eigenvalue weighted by Gasteiger charge is 2.21. The van der Waals surface area contributed by atoms with Gasteiger partial charge in [0.05, 0.1) is 6.61 Å². The molecule has 0 amide bonds. The van der Waals surface area contributed by atoms with E-state index in [1.54, 1.807) is 0 Å². The maximum absolute atomic E-state index is 5.73. The quantitative estimate of drug-likeness (QED) is 0.252. The number of likely N-dealkylation sites (N-methyl/N-ethyl adjacent to an activating group) is 1. The molecule has 0 unspecified atom stereocenters. The summed E-state index contributed by atoms with van der Waals surface area (Å²) in [7, 11) is 3.93.